The average Bonchev–Trinajstić information content (AvgIpc) is 2.98. The molecule has 0 aliphatic rings. The van der Waals surface area contributed by atoms with Crippen LogP contribution in [0.5, 0.6) is 0 Å². The third kappa shape index (κ3) is 4.09. The lowest BCUT2D eigenvalue weighted by atomic mass is 10.1. The molecule has 1 N–H and O–H groups in total. The second kappa shape index (κ2) is 7.25. The minimum atomic E-state index is -4.64. The Hall–Kier alpha value is -2.51. The molecule has 4 nitrogen and oxygen atoms in total. The van der Waals surface area contributed by atoms with Gasteiger partial charge in [0.2, 0.25) is 0 Å². The first kappa shape index (κ1) is 19.3. The highest BCUT2D eigenvalue weighted by Crippen LogP contribution is 2.36. The van der Waals surface area contributed by atoms with Crippen LogP contribution in [0.4, 0.5) is 18.9 Å². The first-order chi connectivity index (χ1) is 12.7. The molecule has 0 spiro atoms. The Morgan fingerprint density at radius 3 is 2.41 bits per heavy atom. The first-order valence-electron chi connectivity index (χ1n) is 7.57. The summed E-state index contributed by atoms with van der Waals surface area (Å²) in [5.74, 6) is -0.471. The zero-order chi connectivity index (χ0) is 19.8. The van der Waals surface area contributed by atoms with Crippen LogP contribution in [0.25, 0.3) is 11.3 Å². The number of nitrogens with one attached hydrogen (secondary N) is 1. The third-order valence-electron chi connectivity index (χ3n) is 3.73. The van der Waals surface area contributed by atoms with Gasteiger partial charge in [-0.15, -0.1) is 0 Å². The molecule has 0 unspecified atom stereocenters. The summed E-state index contributed by atoms with van der Waals surface area (Å²) in [4.78, 5) is 12.7. The van der Waals surface area contributed by atoms with Crippen LogP contribution >= 0.6 is 23.2 Å². The molecule has 3 rings (SSSR count). The molecule has 1 aromatic heterocycles. The predicted molar refractivity (Wildman–Crippen MR) is 96.1 cm³/mol. The zero-order valence-electron chi connectivity index (χ0n) is 13.7. The van der Waals surface area contributed by atoms with Crippen LogP contribution < -0.4 is 5.32 Å². The van der Waals surface area contributed by atoms with E-state index >= 15 is 0 Å². The van der Waals surface area contributed by atoms with Crippen molar-refractivity contribution in [3.8, 4) is 11.3 Å². The van der Waals surface area contributed by atoms with Crippen LogP contribution in [-0.2, 0) is 6.18 Å². The summed E-state index contributed by atoms with van der Waals surface area (Å²) in [7, 11) is 0. The van der Waals surface area contributed by atoms with Gasteiger partial charge in [0.25, 0.3) is 5.91 Å². The minimum Gasteiger partial charge on any atom is -0.355 e. The van der Waals surface area contributed by atoms with Crippen molar-refractivity contribution in [1.29, 1.82) is 0 Å². The maximum absolute atomic E-state index is 13.0. The van der Waals surface area contributed by atoms with Crippen molar-refractivity contribution in [3.63, 3.8) is 0 Å². The second-order valence-electron chi connectivity index (χ2n) is 5.63. The van der Waals surface area contributed by atoms with E-state index in [4.69, 9.17) is 27.7 Å². The van der Waals surface area contributed by atoms with Gasteiger partial charge in [-0.2, -0.15) is 13.2 Å². The average molecular weight is 415 g/mol. The van der Waals surface area contributed by atoms with Crippen LogP contribution in [0.3, 0.4) is 0 Å². The smallest absolute Gasteiger partial charge is 0.355 e. The number of aromatic nitrogens is 1. The fourth-order valence-electron chi connectivity index (χ4n) is 2.45. The standard InChI is InChI=1S/C18H11Cl2F3N2O2/c1-9-15(16(27-25-9)10-2-4-11(19)5-3-10)17(26)24-12-6-7-14(20)13(8-12)18(21,22)23/h2-8H,1H3,(H,24,26). The topological polar surface area (TPSA) is 55.1 Å². The lowest BCUT2D eigenvalue weighted by molar-refractivity contribution is -0.137. The van der Waals surface area contributed by atoms with Gasteiger partial charge < -0.3 is 9.84 Å². The number of benzene rings is 2. The quantitative estimate of drug-likeness (QED) is 0.552. The van der Waals surface area contributed by atoms with Gasteiger partial charge in [0.05, 0.1) is 16.3 Å². The Morgan fingerprint density at radius 1 is 1.11 bits per heavy atom. The summed E-state index contributed by atoms with van der Waals surface area (Å²) in [5, 5.41) is 6.25. The van der Waals surface area contributed by atoms with Crippen molar-refractivity contribution < 1.29 is 22.5 Å². The lowest BCUT2D eigenvalue weighted by Gasteiger charge is -2.12. The van der Waals surface area contributed by atoms with E-state index in [0.717, 1.165) is 12.1 Å². The Kier molecular flexibility index (Phi) is 5.17. The zero-order valence-corrected chi connectivity index (χ0v) is 15.2. The summed E-state index contributed by atoms with van der Waals surface area (Å²) in [6, 6.07) is 9.63. The number of hydrogen-bond acceptors (Lipinski definition) is 3. The fraction of sp³-hybridized carbons (Fsp3) is 0.111. The van der Waals surface area contributed by atoms with Crippen molar-refractivity contribution in [3.05, 3.63) is 69.3 Å². The van der Waals surface area contributed by atoms with Gasteiger partial charge in [0.1, 0.15) is 5.56 Å². The molecule has 2 aromatic carbocycles. The van der Waals surface area contributed by atoms with Gasteiger partial charge in [-0.25, -0.2) is 0 Å². The van der Waals surface area contributed by atoms with Crippen molar-refractivity contribution in [1.82, 2.24) is 5.16 Å². The van der Waals surface area contributed by atoms with Crippen molar-refractivity contribution in [2.45, 2.75) is 13.1 Å². The van der Waals surface area contributed by atoms with Crippen LogP contribution in [0, 0.1) is 6.92 Å². The normalized spacial score (nSPS) is 11.5. The summed E-state index contributed by atoms with van der Waals surface area (Å²) in [6.45, 7) is 1.56. The van der Waals surface area contributed by atoms with Crippen LogP contribution in [0.15, 0.2) is 47.0 Å². The number of nitrogens with zero attached hydrogens (tertiary/aromatic N) is 1. The van der Waals surface area contributed by atoms with Gasteiger partial charge in [0.15, 0.2) is 5.76 Å². The minimum absolute atomic E-state index is 0.0561. The van der Waals surface area contributed by atoms with Crippen LogP contribution in [-0.4, -0.2) is 11.1 Å². The van der Waals surface area contributed by atoms with Gasteiger partial charge in [-0.05, 0) is 49.4 Å². The molecule has 1 amide bonds. The molecular formula is C18H11Cl2F3N2O2. The number of rotatable bonds is 3. The van der Waals surface area contributed by atoms with Gasteiger partial charge in [0, 0.05) is 16.3 Å². The summed E-state index contributed by atoms with van der Waals surface area (Å²) in [6.07, 6.45) is -4.64. The van der Waals surface area contributed by atoms with E-state index in [9.17, 15) is 18.0 Å². The molecule has 1 heterocycles. The number of anilines is 1. The highest BCUT2D eigenvalue weighted by Gasteiger charge is 2.33. The van der Waals surface area contributed by atoms with Crippen LogP contribution in [0.2, 0.25) is 10.0 Å². The third-order valence-corrected chi connectivity index (χ3v) is 4.31. The number of hydrogen-bond donors (Lipinski definition) is 1. The van der Waals surface area contributed by atoms with Gasteiger partial charge in [-0.3, -0.25) is 4.79 Å². The van der Waals surface area contributed by atoms with E-state index in [2.05, 4.69) is 10.5 Å². The van der Waals surface area contributed by atoms with E-state index < -0.39 is 22.7 Å². The molecule has 0 aliphatic carbocycles. The van der Waals surface area contributed by atoms with Crippen molar-refractivity contribution in [2.75, 3.05) is 5.32 Å². The number of amides is 1. The molecular weight excluding hydrogens is 404 g/mol. The molecule has 140 valence electrons. The highest BCUT2D eigenvalue weighted by molar-refractivity contribution is 6.31. The number of halogens is 5. The molecule has 0 saturated carbocycles. The summed E-state index contributed by atoms with van der Waals surface area (Å²) < 4.78 is 44.2. The number of alkyl halides is 3. The molecule has 0 fully saturated rings. The van der Waals surface area contributed by atoms with Crippen molar-refractivity contribution in [2.24, 2.45) is 0 Å². The predicted octanol–water partition coefficient (Wildman–Crippen LogP) is 6.23. The Balaban J connectivity index is 1.94. The van der Waals surface area contributed by atoms with Crippen LogP contribution in [0.1, 0.15) is 21.6 Å². The van der Waals surface area contributed by atoms with E-state index in [-0.39, 0.29) is 17.0 Å². The number of aryl methyl sites for hydroxylation is 1. The molecule has 3 aromatic rings. The number of carbonyl (C=O) groups is 1. The summed E-state index contributed by atoms with van der Waals surface area (Å²) in [5.41, 5.74) is -0.137. The molecule has 0 radical (unpaired) electrons. The fourth-order valence-corrected chi connectivity index (χ4v) is 2.80. The van der Waals surface area contributed by atoms with E-state index in [1.807, 2.05) is 0 Å². The molecule has 0 saturated heterocycles. The first-order valence-corrected chi connectivity index (χ1v) is 8.32. The largest absolute Gasteiger partial charge is 0.417 e. The number of carbonyl (C=O) groups excluding carboxylic acids is 1. The Labute approximate surface area is 161 Å². The van der Waals surface area contributed by atoms with E-state index in [1.165, 1.54) is 6.07 Å². The van der Waals surface area contributed by atoms with Crippen molar-refractivity contribution >= 4 is 34.8 Å². The highest BCUT2D eigenvalue weighted by atomic mass is 35.5. The van der Waals surface area contributed by atoms with E-state index in [1.54, 1.807) is 31.2 Å². The van der Waals surface area contributed by atoms with E-state index in [0.29, 0.717) is 16.3 Å². The molecule has 0 aliphatic heterocycles. The molecule has 9 heteroatoms. The van der Waals surface area contributed by atoms with Gasteiger partial charge in [-0.1, -0.05) is 28.4 Å². The Bertz CT molecular complexity index is 999. The molecule has 27 heavy (non-hydrogen) atoms. The monoisotopic (exact) mass is 414 g/mol. The Morgan fingerprint density at radius 2 is 1.78 bits per heavy atom. The second-order valence-corrected chi connectivity index (χ2v) is 6.47. The lowest BCUT2D eigenvalue weighted by Crippen LogP contribution is -2.14. The van der Waals surface area contributed by atoms with Gasteiger partial charge >= 0.3 is 6.18 Å². The maximum atomic E-state index is 13.0. The SMILES string of the molecule is Cc1noc(-c2ccc(Cl)cc2)c1C(=O)Nc1ccc(Cl)c(C(F)(F)F)c1. The maximum Gasteiger partial charge on any atom is 0.417 e. The molecule has 0 atom stereocenters. The summed E-state index contributed by atoms with van der Waals surface area (Å²) >= 11 is 11.4. The molecule has 0 bridgehead atoms.